The maximum absolute atomic E-state index is 12.9. The molecule has 30 heavy (non-hydrogen) atoms. The average molecular weight is 398 g/mol. The van der Waals surface area contributed by atoms with Crippen LogP contribution in [0.4, 0.5) is 11.4 Å². The van der Waals surface area contributed by atoms with Crippen LogP contribution < -0.4 is 15.0 Å². The molecule has 0 spiro atoms. The number of hydrogen-bond donors (Lipinski definition) is 1. The topological polar surface area (TPSA) is 58.6 Å². The van der Waals surface area contributed by atoms with Crippen LogP contribution in [0.2, 0.25) is 0 Å². The van der Waals surface area contributed by atoms with Crippen molar-refractivity contribution in [2.45, 2.75) is 6.42 Å². The Kier molecular flexibility index (Phi) is 5.61. The second-order valence-electron chi connectivity index (χ2n) is 6.99. The third kappa shape index (κ3) is 4.10. The van der Waals surface area contributed by atoms with Crippen molar-refractivity contribution >= 4 is 23.2 Å². The van der Waals surface area contributed by atoms with Gasteiger partial charge in [0.15, 0.2) is 0 Å². The van der Waals surface area contributed by atoms with Crippen molar-refractivity contribution in [1.82, 2.24) is 0 Å². The Labute approximate surface area is 175 Å². The SMILES string of the molecule is C=CCOc1ccc(C(=O)Nc2ccc(C(=O)N3CCc4ccccc43)cc2)cc1. The first-order valence-corrected chi connectivity index (χ1v) is 9.80. The summed E-state index contributed by atoms with van der Waals surface area (Å²) in [5.74, 6) is 0.420. The summed E-state index contributed by atoms with van der Waals surface area (Å²) in [4.78, 5) is 27.2. The number of nitrogens with zero attached hydrogens (tertiary/aromatic N) is 1. The van der Waals surface area contributed by atoms with E-state index in [1.54, 1.807) is 59.5 Å². The third-order valence-electron chi connectivity index (χ3n) is 5.01. The number of nitrogens with one attached hydrogen (secondary N) is 1. The standard InChI is InChI=1S/C25H22N2O3/c1-2-17-30-22-13-9-19(10-14-22)24(28)26-21-11-7-20(8-12-21)25(29)27-16-15-18-5-3-4-6-23(18)27/h2-14H,1,15-17H2,(H,26,28). The van der Waals surface area contributed by atoms with Gasteiger partial charge in [0.2, 0.25) is 0 Å². The van der Waals surface area contributed by atoms with Gasteiger partial charge in [-0.05, 0) is 66.6 Å². The summed E-state index contributed by atoms with van der Waals surface area (Å²) in [5, 5.41) is 2.85. The van der Waals surface area contributed by atoms with E-state index in [9.17, 15) is 9.59 Å². The lowest BCUT2D eigenvalue weighted by Crippen LogP contribution is -2.28. The molecule has 0 aromatic heterocycles. The Bertz CT molecular complexity index is 1070. The fraction of sp³-hybridized carbons (Fsp3) is 0.120. The van der Waals surface area contributed by atoms with Gasteiger partial charge >= 0.3 is 0 Å². The minimum absolute atomic E-state index is 0.0343. The van der Waals surface area contributed by atoms with Crippen molar-refractivity contribution < 1.29 is 14.3 Å². The van der Waals surface area contributed by atoms with Crippen molar-refractivity contribution in [3.63, 3.8) is 0 Å². The molecular weight excluding hydrogens is 376 g/mol. The zero-order chi connectivity index (χ0) is 20.9. The van der Waals surface area contributed by atoms with Crippen LogP contribution in [-0.2, 0) is 6.42 Å². The van der Waals surface area contributed by atoms with E-state index < -0.39 is 0 Å². The molecule has 1 aliphatic rings. The summed E-state index contributed by atoms with van der Waals surface area (Å²) in [6.45, 7) is 4.70. The molecule has 1 heterocycles. The fourth-order valence-corrected chi connectivity index (χ4v) is 3.46. The highest BCUT2D eigenvalue weighted by atomic mass is 16.5. The zero-order valence-corrected chi connectivity index (χ0v) is 16.5. The molecule has 0 fully saturated rings. The van der Waals surface area contributed by atoms with Crippen molar-refractivity contribution in [2.75, 3.05) is 23.4 Å². The van der Waals surface area contributed by atoms with Gasteiger partial charge in [0.25, 0.3) is 11.8 Å². The van der Waals surface area contributed by atoms with E-state index in [4.69, 9.17) is 4.74 Å². The highest BCUT2D eigenvalue weighted by molar-refractivity contribution is 6.08. The Hall–Kier alpha value is -3.86. The molecule has 0 bridgehead atoms. The van der Waals surface area contributed by atoms with Gasteiger partial charge in [-0.15, -0.1) is 0 Å². The molecule has 0 saturated carbocycles. The summed E-state index contributed by atoms with van der Waals surface area (Å²) in [7, 11) is 0. The number of carbonyl (C=O) groups excluding carboxylic acids is 2. The Morgan fingerprint density at radius 1 is 0.967 bits per heavy atom. The van der Waals surface area contributed by atoms with Crippen molar-refractivity contribution in [3.05, 3.63) is 102 Å². The van der Waals surface area contributed by atoms with Crippen LogP contribution in [0.1, 0.15) is 26.3 Å². The number of rotatable bonds is 6. The van der Waals surface area contributed by atoms with Crippen molar-refractivity contribution in [1.29, 1.82) is 0 Å². The molecule has 3 aromatic rings. The molecule has 1 N–H and O–H groups in total. The minimum Gasteiger partial charge on any atom is -0.490 e. The lowest BCUT2D eigenvalue weighted by atomic mass is 10.1. The van der Waals surface area contributed by atoms with Gasteiger partial charge in [0, 0.05) is 29.0 Å². The van der Waals surface area contributed by atoms with Crippen LogP contribution in [0.5, 0.6) is 5.75 Å². The molecule has 0 radical (unpaired) electrons. The highest BCUT2D eigenvalue weighted by Crippen LogP contribution is 2.29. The Balaban J connectivity index is 1.41. The molecule has 5 heteroatoms. The van der Waals surface area contributed by atoms with Gasteiger partial charge in [-0.2, -0.15) is 0 Å². The van der Waals surface area contributed by atoms with Crippen molar-refractivity contribution in [3.8, 4) is 5.75 Å². The maximum atomic E-state index is 12.9. The molecule has 0 unspecified atom stereocenters. The van der Waals surface area contributed by atoms with Crippen molar-refractivity contribution in [2.24, 2.45) is 0 Å². The van der Waals surface area contributed by atoms with Gasteiger partial charge in [0.1, 0.15) is 12.4 Å². The van der Waals surface area contributed by atoms with Crippen LogP contribution in [0, 0.1) is 0 Å². The normalized spacial score (nSPS) is 12.2. The van der Waals surface area contributed by atoms with Crippen LogP contribution in [-0.4, -0.2) is 25.0 Å². The van der Waals surface area contributed by atoms with Crippen LogP contribution in [0.3, 0.4) is 0 Å². The predicted octanol–water partition coefficient (Wildman–Crippen LogP) is 4.71. The average Bonchev–Trinajstić information content (AvgIpc) is 3.22. The van der Waals surface area contributed by atoms with Crippen LogP contribution in [0.25, 0.3) is 0 Å². The van der Waals surface area contributed by atoms with Gasteiger partial charge < -0.3 is 15.0 Å². The fourth-order valence-electron chi connectivity index (χ4n) is 3.46. The van der Waals surface area contributed by atoms with Crippen LogP contribution >= 0.6 is 0 Å². The van der Waals surface area contributed by atoms with Gasteiger partial charge in [-0.3, -0.25) is 9.59 Å². The van der Waals surface area contributed by atoms with E-state index in [-0.39, 0.29) is 11.8 Å². The zero-order valence-electron chi connectivity index (χ0n) is 16.5. The third-order valence-corrected chi connectivity index (χ3v) is 5.01. The van der Waals surface area contributed by atoms with E-state index in [0.717, 1.165) is 12.1 Å². The number of amides is 2. The second kappa shape index (κ2) is 8.66. The monoisotopic (exact) mass is 398 g/mol. The molecule has 150 valence electrons. The number of fused-ring (bicyclic) bond motifs is 1. The van der Waals surface area contributed by atoms with Gasteiger partial charge in [-0.1, -0.05) is 30.9 Å². The summed E-state index contributed by atoms with van der Waals surface area (Å²) >= 11 is 0. The molecule has 0 atom stereocenters. The maximum Gasteiger partial charge on any atom is 0.258 e. The largest absolute Gasteiger partial charge is 0.490 e. The molecule has 4 rings (SSSR count). The predicted molar refractivity (Wildman–Crippen MR) is 118 cm³/mol. The van der Waals surface area contributed by atoms with Gasteiger partial charge in [-0.25, -0.2) is 0 Å². The molecular formula is C25H22N2O3. The summed E-state index contributed by atoms with van der Waals surface area (Å²) in [6, 6.07) is 21.8. The Morgan fingerprint density at radius 3 is 2.40 bits per heavy atom. The van der Waals surface area contributed by atoms with Crippen LogP contribution in [0.15, 0.2) is 85.5 Å². The quantitative estimate of drug-likeness (QED) is 0.612. The first kappa shape index (κ1) is 19.5. The minimum atomic E-state index is -0.224. The number of carbonyl (C=O) groups is 2. The molecule has 3 aromatic carbocycles. The van der Waals surface area contributed by atoms with E-state index in [0.29, 0.717) is 35.7 Å². The summed E-state index contributed by atoms with van der Waals surface area (Å²) < 4.78 is 5.42. The Morgan fingerprint density at radius 2 is 1.67 bits per heavy atom. The number of anilines is 2. The van der Waals surface area contributed by atoms with E-state index in [2.05, 4.69) is 18.0 Å². The highest BCUT2D eigenvalue weighted by Gasteiger charge is 2.25. The number of hydrogen-bond acceptors (Lipinski definition) is 3. The molecule has 2 amide bonds. The van der Waals surface area contributed by atoms with Gasteiger partial charge in [0.05, 0.1) is 0 Å². The number of para-hydroxylation sites is 1. The molecule has 0 saturated heterocycles. The summed E-state index contributed by atoms with van der Waals surface area (Å²) in [5.41, 5.74) is 3.91. The van der Waals surface area contributed by atoms with E-state index in [1.807, 2.05) is 18.2 Å². The van der Waals surface area contributed by atoms with E-state index >= 15 is 0 Å². The first-order chi connectivity index (χ1) is 14.7. The summed E-state index contributed by atoms with van der Waals surface area (Å²) in [6.07, 6.45) is 2.53. The molecule has 0 aliphatic carbocycles. The smallest absolute Gasteiger partial charge is 0.258 e. The lowest BCUT2D eigenvalue weighted by molar-refractivity contribution is 0.0988. The first-order valence-electron chi connectivity index (χ1n) is 9.80. The lowest BCUT2D eigenvalue weighted by Gasteiger charge is -2.17. The second-order valence-corrected chi connectivity index (χ2v) is 6.99. The van der Waals surface area contributed by atoms with E-state index in [1.165, 1.54) is 5.56 Å². The number of ether oxygens (including phenoxy) is 1. The molecule has 1 aliphatic heterocycles. The number of benzene rings is 3. The molecule has 5 nitrogen and oxygen atoms in total.